The molecule has 0 saturated carbocycles. The van der Waals surface area contributed by atoms with Gasteiger partial charge in [-0.3, -0.25) is 4.79 Å². The van der Waals surface area contributed by atoms with Crippen LogP contribution in [0.25, 0.3) is 0 Å². The lowest BCUT2D eigenvalue weighted by atomic mass is 10.3. The third kappa shape index (κ3) is 3.87. The van der Waals surface area contributed by atoms with E-state index in [0.29, 0.717) is 26.1 Å². The highest BCUT2D eigenvalue weighted by Gasteiger charge is 2.20. The lowest BCUT2D eigenvalue weighted by Gasteiger charge is -2.25. The zero-order chi connectivity index (χ0) is 9.90. The van der Waals surface area contributed by atoms with Crippen LogP contribution in [-0.2, 0) is 14.6 Å². The first-order chi connectivity index (χ1) is 5.99. The number of hydrogen-bond acceptors (Lipinski definition) is 4. The van der Waals surface area contributed by atoms with Gasteiger partial charge >= 0.3 is 0 Å². The Morgan fingerprint density at radius 3 is 2.31 bits per heavy atom. The van der Waals surface area contributed by atoms with Crippen molar-refractivity contribution in [3.8, 4) is 0 Å². The number of Topliss-reactive ketones (excluding diaryl/α,β-unsaturated/α-hetero) is 1. The zero-order valence-electron chi connectivity index (χ0n) is 7.82. The summed E-state index contributed by atoms with van der Waals surface area (Å²) in [7, 11) is -2.78. The fraction of sp³-hybridized carbons (Fsp3) is 0.875. The third-order valence-corrected chi connectivity index (χ3v) is 3.83. The molecule has 1 rings (SSSR count). The maximum Gasteiger partial charge on any atom is 0.152 e. The fourth-order valence-electron chi connectivity index (χ4n) is 1.29. The first-order valence-corrected chi connectivity index (χ1v) is 6.24. The number of carbonyl (C=O) groups is 1. The van der Waals surface area contributed by atoms with E-state index in [9.17, 15) is 13.2 Å². The molecule has 5 heteroatoms. The van der Waals surface area contributed by atoms with Crippen molar-refractivity contribution in [1.82, 2.24) is 4.90 Å². The van der Waals surface area contributed by atoms with Crippen molar-refractivity contribution in [2.24, 2.45) is 0 Å². The molecule has 0 aromatic heterocycles. The van der Waals surface area contributed by atoms with E-state index in [1.807, 2.05) is 4.90 Å². The smallest absolute Gasteiger partial charge is 0.152 e. The minimum Gasteiger partial charge on any atom is -0.301 e. The van der Waals surface area contributed by atoms with E-state index in [1.54, 1.807) is 6.92 Å². The summed E-state index contributed by atoms with van der Waals surface area (Å²) in [6.45, 7) is 3.41. The second-order valence-corrected chi connectivity index (χ2v) is 5.75. The largest absolute Gasteiger partial charge is 0.301 e. The molecule has 0 spiro atoms. The molecule has 0 aliphatic carbocycles. The Labute approximate surface area is 78.8 Å². The highest BCUT2D eigenvalue weighted by Crippen LogP contribution is 2.03. The van der Waals surface area contributed by atoms with Gasteiger partial charge in [-0.25, -0.2) is 8.42 Å². The fourth-order valence-corrected chi connectivity index (χ4v) is 2.57. The van der Waals surface area contributed by atoms with Crippen LogP contribution in [0.3, 0.4) is 0 Å². The number of nitrogens with zero attached hydrogens (tertiary/aromatic N) is 1. The monoisotopic (exact) mass is 205 g/mol. The van der Waals surface area contributed by atoms with E-state index >= 15 is 0 Å². The lowest BCUT2D eigenvalue weighted by Crippen LogP contribution is -2.41. The van der Waals surface area contributed by atoms with Crippen LogP contribution < -0.4 is 0 Å². The van der Waals surface area contributed by atoms with Gasteiger partial charge in [-0.15, -0.1) is 0 Å². The highest BCUT2D eigenvalue weighted by atomic mass is 32.2. The Morgan fingerprint density at radius 1 is 1.31 bits per heavy atom. The third-order valence-electron chi connectivity index (χ3n) is 2.22. The van der Waals surface area contributed by atoms with Gasteiger partial charge in [-0.05, 0) is 6.92 Å². The Bertz CT molecular complexity index is 270. The molecule has 76 valence electrons. The SMILES string of the molecule is CC(=O)CCN1CCS(=O)(=O)CC1. The van der Waals surface area contributed by atoms with E-state index in [4.69, 9.17) is 0 Å². The number of rotatable bonds is 3. The molecule has 1 fully saturated rings. The molecule has 0 bridgehead atoms. The maximum absolute atomic E-state index is 11.0. The van der Waals surface area contributed by atoms with Crippen LogP contribution in [0, 0.1) is 0 Å². The second-order valence-electron chi connectivity index (χ2n) is 3.45. The van der Waals surface area contributed by atoms with E-state index in [0.717, 1.165) is 0 Å². The van der Waals surface area contributed by atoms with Gasteiger partial charge in [-0.1, -0.05) is 0 Å². The molecule has 0 N–H and O–H groups in total. The molecule has 1 aliphatic rings. The number of hydrogen-bond donors (Lipinski definition) is 0. The molecule has 0 aromatic carbocycles. The van der Waals surface area contributed by atoms with Crippen molar-refractivity contribution < 1.29 is 13.2 Å². The maximum atomic E-state index is 11.0. The average Bonchev–Trinajstić information content (AvgIpc) is 2.02. The quantitative estimate of drug-likeness (QED) is 0.634. The van der Waals surface area contributed by atoms with E-state index in [2.05, 4.69) is 0 Å². The van der Waals surface area contributed by atoms with Crippen LogP contribution in [0.4, 0.5) is 0 Å². The van der Waals surface area contributed by atoms with Gasteiger partial charge in [0, 0.05) is 26.1 Å². The Kier molecular flexibility index (Phi) is 3.44. The first-order valence-electron chi connectivity index (χ1n) is 4.42. The molecule has 0 unspecified atom stereocenters. The van der Waals surface area contributed by atoms with Crippen molar-refractivity contribution >= 4 is 15.6 Å². The van der Waals surface area contributed by atoms with Gasteiger partial charge in [0.15, 0.2) is 9.84 Å². The first kappa shape index (κ1) is 10.7. The van der Waals surface area contributed by atoms with Gasteiger partial charge in [0.05, 0.1) is 11.5 Å². The highest BCUT2D eigenvalue weighted by molar-refractivity contribution is 7.91. The van der Waals surface area contributed by atoms with Crippen LogP contribution in [0.15, 0.2) is 0 Å². The Morgan fingerprint density at radius 2 is 1.85 bits per heavy atom. The van der Waals surface area contributed by atoms with Crippen LogP contribution in [-0.4, -0.2) is 50.2 Å². The topological polar surface area (TPSA) is 54.5 Å². The zero-order valence-corrected chi connectivity index (χ0v) is 8.64. The summed E-state index contributed by atoms with van der Waals surface area (Å²) in [5, 5.41) is 0. The van der Waals surface area contributed by atoms with Crippen LogP contribution in [0.5, 0.6) is 0 Å². The molecule has 1 saturated heterocycles. The lowest BCUT2D eigenvalue weighted by molar-refractivity contribution is -0.117. The molecule has 0 aromatic rings. The summed E-state index contributed by atoms with van der Waals surface area (Å²) in [5.41, 5.74) is 0. The standard InChI is InChI=1S/C8H15NO3S/c1-8(10)2-3-9-4-6-13(11,12)7-5-9/h2-7H2,1H3. The van der Waals surface area contributed by atoms with Gasteiger partial charge < -0.3 is 4.90 Å². The molecule has 0 amide bonds. The second kappa shape index (κ2) is 4.19. The average molecular weight is 205 g/mol. The molecule has 1 aliphatic heterocycles. The Balaban J connectivity index is 2.29. The van der Waals surface area contributed by atoms with Gasteiger partial charge in [0.25, 0.3) is 0 Å². The minimum atomic E-state index is -2.78. The van der Waals surface area contributed by atoms with Gasteiger partial charge in [-0.2, -0.15) is 0 Å². The van der Waals surface area contributed by atoms with Crippen molar-refractivity contribution in [1.29, 1.82) is 0 Å². The molecule has 1 heterocycles. The summed E-state index contributed by atoms with van der Waals surface area (Å²) in [4.78, 5) is 12.7. The number of carbonyl (C=O) groups excluding carboxylic acids is 1. The van der Waals surface area contributed by atoms with E-state index < -0.39 is 9.84 Å². The van der Waals surface area contributed by atoms with Gasteiger partial charge in [0.2, 0.25) is 0 Å². The predicted octanol–water partition coefficient (Wildman–Crippen LogP) is -0.304. The van der Waals surface area contributed by atoms with E-state index in [1.165, 1.54) is 0 Å². The van der Waals surface area contributed by atoms with Crippen molar-refractivity contribution in [2.75, 3.05) is 31.1 Å². The van der Waals surface area contributed by atoms with Crippen LogP contribution >= 0.6 is 0 Å². The summed E-state index contributed by atoms with van der Waals surface area (Å²) in [6, 6.07) is 0. The number of ketones is 1. The van der Waals surface area contributed by atoms with Crippen molar-refractivity contribution in [2.45, 2.75) is 13.3 Å². The molecular weight excluding hydrogens is 190 g/mol. The van der Waals surface area contributed by atoms with Crippen LogP contribution in [0.1, 0.15) is 13.3 Å². The van der Waals surface area contributed by atoms with Gasteiger partial charge in [0.1, 0.15) is 5.78 Å². The summed E-state index contributed by atoms with van der Waals surface area (Å²) >= 11 is 0. The minimum absolute atomic E-state index is 0.161. The normalized spacial score (nSPS) is 22.8. The van der Waals surface area contributed by atoms with E-state index in [-0.39, 0.29) is 17.3 Å². The summed E-state index contributed by atoms with van der Waals surface area (Å²) in [6.07, 6.45) is 0.528. The molecule has 13 heavy (non-hydrogen) atoms. The summed E-state index contributed by atoms with van der Waals surface area (Å²) in [5.74, 6) is 0.643. The molecule has 4 nitrogen and oxygen atoms in total. The molecule has 0 atom stereocenters. The molecular formula is C8H15NO3S. The van der Waals surface area contributed by atoms with Crippen molar-refractivity contribution in [3.05, 3.63) is 0 Å². The molecule has 0 radical (unpaired) electrons. The Hall–Kier alpha value is -0.420. The number of sulfone groups is 1. The van der Waals surface area contributed by atoms with Crippen molar-refractivity contribution in [3.63, 3.8) is 0 Å². The summed E-state index contributed by atoms with van der Waals surface area (Å²) < 4.78 is 22.1. The van der Waals surface area contributed by atoms with Crippen LogP contribution in [0.2, 0.25) is 0 Å². The predicted molar refractivity (Wildman–Crippen MR) is 50.4 cm³/mol.